The van der Waals surface area contributed by atoms with E-state index < -0.39 is 22.9 Å². The number of pyridine rings is 1. The third-order valence-corrected chi connectivity index (χ3v) is 32.3. The van der Waals surface area contributed by atoms with E-state index in [0.717, 1.165) is 126 Å². The molecule has 10 aliphatic heterocycles. The van der Waals surface area contributed by atoms with Gasteiger partial charge in [-0.1, -0.05) is 94.8 Å². The Morgan fingerprint density at radius 2 is 0.992 bits per heavy atom. The molecule has 5 spiro atoms. The molecule has 11 aromatic rings. The first-order chi connectivity index (χ1) is 60.0. The highest BCUT2D eigenvalue weighted by atomic mass is 16.5. The summed E-state index contributed by atoms with van der Waals surface area (Å²) in [6.07, 6.45) is 24.4. The van der Waals surface area contributed by atoms with Crippen molar-refractivity contribution < 1.29 is 28.4 Å². The lowest BCUT2D eigenvalue weighted by Gasteiger charge is -2.64. The number of anilines is 5. The second kappa shape index (κ2) is 29.4. The number of fused-ring (bicyclic) bond motifs is 13. The Balaban J connectivity index is 0.000000102. The van der Waals surface area contributed by atoms with Gasteiger partial charge in [-0.2, -0.15) is 0 Å². The van der Waals surface area contributed by atoms with Crippen LogP contribution in [0, 0.1) is 86.0 Å². The number of nitrogens with zero attached hydrogens (tertiary/aromatic N) is 10. The number of aryl methyl sites for hydroxylation is 3. The van der Waals surface area contributed by atoms with Crippen LogP contribution in [0.1, 0.15) is 193 Å². The van der Waals surface area contributed by atoms with Crippen molar-refractivity contribution in [3.8, 4) is 34.5 Å². The molecule has 25 rings (SSSR count). The molecule has 0 saturated heterocycles. The molecule has 0 N–H and O–H groups in total. The largest absolute Gasteiger partial charge is 0.496 e. The number of benzene rings is 10. The quantitative estimate of drug-likeness (QED) is 0.143. The van der Waals surface area contributed by atoms with E-state index in [1.807, 2.05) is 55.2 Å². The lowest BCUT2D eigenvalue weighted by Crippen LogP contribution is -2.72. The monoisotopic (exact) mass is 1650 g/mol. The Labute approximate surface area is 731 Å². The maximum Gasteiger partial charge on any atom is 0.229 e. The van der Waals surface area contributed by atoms with Gasteiger partial charge in [-0.3, -0.25) is 20.0 Å². The van der Waals surface area contributed by atoms with Gasteiger partial charge in [-0.15, -0.1) is 0 Å². The molecule has 16 heteroatoms. The van der Waals surface area contributed by atoms with Crippen molar-refractivity contribution in [2.45, 2.75) is 213 Å². The lowest BCUT2D eigenvalue weighted by molar-refractivity contribution is -0.121. The highest BCUT2D eigenvalue weighted by Gasteiger charge is 2.74. The van der Waals surface area contributed by atoms with Gasteiger partial charge in [-0.05, 0) is 306 Å². The van der Waals surface area contributed by atoms with E-state index in [-0.39, 0.29) is 23.2 Å². The normalized spacial score (nSPS) is 26.5. The molecule has 4 saturated carbocycles. The number of hydrogen-bond donors (Lipinski definition) is 0. The van der Waals surface area contributed by atoms with Gasteiger partial charge in [0.25, 0.3) is 0 Å². The lowest BCUT2D eigenvalue weighted by atomic mass is 9.41. The number of likely N-dealkylation sites (N-methyl/N-ethyl adjacent to an activating group) is 3. The Hall–Kier alpha value is -11.4. The average Bonchev–Trinajstić information content (AvgIpc) is 1.46. The minimum absolute atomic E-state index is 0.0200. The topological polar surface area (TPSA) is 134 Å². The molecule has 7 unspecified atom stereocenters. The van der Waals surface area contributed by atoms with Gasteiger partial charge < -0.3 is 52.9 Å². The fourth-order valence-corrected chi connectivity index (χ4v) is 26.0. The summed E-state index contributed by atoms with van der Waals surface area (Å²) in [5.74, 6) is 8.60. The summed E-state index contributed by atoms with van der Waals surface area (Å²) in [5.41, 5.74) is 29.7. The van der Waals surface area contributed by atoms with Crippen LogP contribution in [0.2, 0.25) is 0 Å². The summed E-state index contributed by atoms with van der Waals surface area (Å²) in [4.78, 5) is 36.7. The summed E-state index contributed by atoms with van der Waals surface area (Å²) in [6.45, 7) is 32.1. The van der Waals surface area contributed by atoms with Crippen molar-refractivity contribution in [3.05, 3.63) is 223 Å². The van der Waals surface area contributed by atoms with Crippen LogP contribution in [0.25, 0.3) is 32.4 Å². The number of ether oxygens (including phenoxy) is 6. The van der Waals surface area contributed by atoms with E-state index in [9.17, 15) is 0 Å². The minimum Gasteiger partial charge on any atom is -0.496 e. The summed E-state index contributed by atoms with van der Waals surface area (Å²) < 4.78 is 39.1. The van der Waals surface area contributed by atoms with E-state index in [2.05, 4.69) is 250 Å². The summed E-state index contributed by atoms with van der Waals surface area (Å²) in [5, 5.41) is 6.07. The summed E-state index contributed by atoms with van der Waals surface area (Å²) in [7, 11) is 9.85. The molecule has 0 amide bonds. The number of para-hydroxylation sites is 1. The van der Waals surface area contributed by atoms with Gasteiger partial charge in [0.1, 0.15) is 45.7 Å². The first-order valence-electron chi connectivity index (χ1n) is 45.9. The fourth-order valence-electron chi connectivity index (χ4n) is 26.0. The van der Waals surface area contributed by atoms with Crippen LogP contribution < -0.4 is 52.9 Å². The van der Waals surface area contributed by atoms with Crippen LogP contribution >= 0.6 is 0 Å². The maximum absolute atomic E-state index is 7.51. The minimum atomic E-state index is -0.649. The average molecular weight is 1650 g/mol. The molecule has 11 heterocycles. The van der Waals surface area contributed by atoms with Crippen LogP contribution in [0.5, 0.6) is 34.5 Å². The van der Waals surface area contributed by atoms with Crippen molar-refractivity contribution in [1.29, 1.82) is 0 Å². The molecule has 4 bridgehead atoms. The van der Waals surface area contributed by atoms with E-state index in [4.69, 9.17) is 48.4 Å². The number of methoxy groups -OCH3 is 2. The van der Waals surface area contributed by atoms with Gasteiger partial charge in [0.05, 0.1) is 67.8 Å². The smallest absolute Gasteiger partial charge is 0.229 e. The van der Waals surface area contributed by atoms with Crippen LogP contribution in [0.15, 0.2) is 160 Å². The van der Waals surface area contributed by atoms with Crippen molar-refractivity contribution in [2.24, 2.45) is 43.6 Å². The zero-order valence-electron chi connectivity index (χ0n) is 75.7. The molecule has 10 aromatic carbocycles. The molecule has 124 heavy (non-hydrogen) atoms. The molecule has 16 nitrogen and oxygen atoms in total. The molecule has 4 aliphatic carbocycles. The van der Waals surface area contributed by atoms with Gasteiger partial charge >= 0.3 is 0 Å². The van der Waals surface area contributed by atoms with Gasteiger partial charge in [0.15, 0.2) is 11.5 Å². The molecule has 7 atom stereocenters. The van der Waals surface area contributed by atoms with Crippen molar-refractivity contribution >= 4 is 108 Å². The van der Waals surface area contributed by atoms with Crippen LogP contribution in [-0.2, 0) is 18.3 Å². The Bertz CT molecular complexity index is 6210. The number of aliphatic imine (C=N–C) groups is 4. The van der Waals surface area contributed by atoms with E-state index in [1.54, 1.807) is 14.2 Å². The third-order valence-electron chi connectivity index (χ3n) is 32.3. The Morgan fingerprint density at radius 1 is 0.444 bits per heavy atom. The molecule has 0 radical (unpaired) electrons. The first-order valence-corrected chi connectivity index (χ1v) is 45.9. The predicted molar refractivity (Wildman–Crippen MR) is 509 cm³/mol. The third kappa shape index (κ3) is 11.1. The molecule has 1 aromatic heterocycles. The van der Waals surface area contributed by atoms with Gasteiger partial charge in [0, 0.05) is 109 Å². The second-order valence-electron chi connectivity index (χ2n) is 38.0. The molecule has 4 fully saturated rings. The van der Waals surface area contributed by atoms with E-state index >= 15 is 0 Å². The van der Waals surface area contributed by atoms with Gasteiger partial charge in [-0.25, -0.2) is 4.99 Å². The molecule has 636 valence electrons. The zero-order valence-corrected chi connectivity index (χ0v) is 75.7. The fraction of sp³-hybridized carbons (Fsp3) is 0.417. The predicted octanol–water partition coefficient (Wildman–Crippen LogP) is 24.4. The standard InChI is InChI=1S/C33H33N3O.C26H34N2O3.C25H26N2O.C24H25N3O/c1-35-27-5-3-2-4-26(27)33(23-13-19-12-20(15-23)16-24(33)14-19)32(35)18-34-30-25-7-6-21-8-10-36-11-9-22(17-28(30)37-32)29(25)31(21)36;1-8-10-20-24-18(5)17(4)16(3)12-21(24)28(11-9-2)26(20)15-27-25-22(30-7)13-19(29-6)14-23(25)31-26;1-6-20-23-17(4)16(3)15(2)13-21(23)27(5)25(20)14-26-24-19-10-8-7-9-18(19)11-12-22(24)28-25;1-6-18-22-16(4)15(3)14(2)12-20(22)27(5)24(18)13-26-23-17-8-7-11-25-19(17)9-10-21(23)28-24/h2-7,17-20,23-24H,8-16H2,1H3;12-15,20H,8-11H2,1-7H3;7-14,20H,6H2,1-5H3;7-13,18H,6H2,1-5H3. The van der Waals surface area contributed by atoms with E-state index in [1.165, 1.54) is 167 Å². The highest BCUT2D eigenvalue weighted by Crippen LogP contribution is 2.72. The Morgan fingerprint density at radius 3 is 1.62 bits per heavy atom. The van der Waals surface area contributed by atoms with Crippen LogP contribution in [0.3, 0.4) is 0 Å². The van der Waals surface area contributed by atoms with Crippen molar-refractivity contribution in [3.63, 3.8) is 0 Å². The van der Waals surface area contributed by atoms with Crippen molar-refractivity contribution in [2.75, 3.05) is 79.5 Å². The number of aromatic nitrogens is 1. The van der Waals surface area contributed by atoms with E-state index in [0.29, 0.717) is 29.1 Å². The van der Waals surface area contributed by atoms with Crippen molar-refractivity contribution in [1.82, 2.24) is 4.98 Å². The van der Waals surface area contributed by atoms with Crippen LogP contribution in [0.4, 0.5) is 51.2 Å². The summed E-state index contributed by atoms with van der Waals surface area (Å²) >= 11 is 0. The van der Waals surface area contributed by atoms with Gasteiger partial charge in [0.2, 0.25) is 22.9 Å². The molecule has 14 aliphatic rings. The summed E-state index contributed by atoms with van der Waals surface area (Å²) in [6, 6.07) is 47.6. The first kappa shape index (κ1) is 79.8. The number of hydrogen-bond acceptors (Lipinski definition) is 16. The SMILES string of the molecule is CCC1c2c(cc(C)c(C)c2C)N(C)C12C=Nc1c(ccc3ccccc13)O2.CCC1c2c(cc(C)c(C)c2C)N(C)C12C=Nc1c(ccc3ncccc13)O2.CCCC1c2c(cc(C)c(C)c2C)N(CCC)C12C=Nc1c(OC)cc(OC)cc1O2.CN1c2ccccc2C2(C3CC4CC(C3)CC2C4)C12C=Nc1c(cc3c4c5c(ccc14)CCN5CC3)O2. The highest BCUT2D eigenvalue weighted by molar-refractivity contribution is 6.10. The van der Waals surface area contributed by atoms with Crippen LogP contribution in [-0.4, -0.2) is 108 Å². The maximum atomic E-state index is 7.51. The Kier molecular flexibility index (Phi) is 18.9. The molecular weight excluding hydrogens is 1530 g/mol. The zero-order chi connectivity index (χ0) is 85.7. The number of rotatable bonds is 8. The second-order valence-corrected chi connectivity index (χ2v) is 38.0. The molecular formula is C108H118N10O6.